The zero-order chi connectivity index (χ0) is 14.7. The third-order valence-electron chi connectivity index (χ3n) is 2.88. The third-order valence-corrected chi connectivity index (χ3v) is 2.88. The minimum Gasteiger partial charge on any atom is -0.505 e. The van der Waals surface area contributed by atoms with Crippen LogP contribution < -0.4 is 10.1 Å². The lowest BCUT2D eigenvalue weighted by Crippen LogP contribution is -2.12. The number of benzene rings is 2. The van der Waals surface area contributed by atoms with Gasteiger partial charge in [0.05, 0.1) is 7.11 Å². The van der Waals surface area contributed by atoms with Crippen LogP contribution in [0.25, 0.3) is 0 Å². The first kappa shape index (κ1) is 13.9. The average Bonchev–Trinajstić information content (AvgIpc) is 2.43. The summed E-state index contributed by atoms with van der Waals surface area (Å²) in [7, 11) is 1.53. The highest BCUT2D eigenvalue weighted by Crippen LogP contribution is 2.22. The Labute approximate surface area is 115 Å². The summed E-state index contributed by atoms with van der Waals surface area (Å²) in [6.45, 7) is 1.87. The van der Waals surface area contributed by atoms with Crippen molar-refractivity contribution in [2.75, 3.05) is 12.4 Å². The third kappa shape index (κ3) is 2.88. The molecule has 20 heavy (non-hydrogen) atoms. The minimum atomic E-state index is -0.788. The summed E-state index contributed by atoms with van der Waals surface area (Å²) >= 11 is 0. The topological polar surface area (TPSA) is 58.6 Å². The van der Waals surface area contributed by atoms with E-state index < -0.39 is 11.6 Å². The molecular formula is C15H14FNO3. The van der Waals surface area contributed by atoms with E-state index in [1.807, 2.05) is 6.92 Å². The van der Waals surface area contributed by atoms with Gasteiger partial charge in [0.25, 0.3) is 5.91 Å². The number of nitrogens with one attached hydrogen (secondary N) is 1. The van der Waals surface area contributed by atoms with Gasteiger partial charge in [-0.1, -0.05) is 6.07 Å². The van der Waals surface area contributed by atoms with Gasteiger partial charge in [0.15, 0.2) is 11.6 Å². The fraction of sp³-hybridized carbons (Fsp3) is 0.133. The average molecular weight is 275 g/mol. The summed E-state index contributed by atoms with van der Waals surface area (Å²) < 4.78 is 18.3. The van der Waals surface area contributed by atoms with E-state index in [-0.39, 0.29) is 11.6 Å². The van der Waals surface area contributed by atoms with Crippen molar-refractivity contribution >= 4 is 11.6 Å². The number of ether oxygens (including phenoxy) is 1. The Kier molecular flexibility index (Phi) is 3.89. The van der Waals surface area contributed by atoms with E-state index in [0.717, 1.165) is 11.6 Å². The molecule has 5 heteroatoms. The molecule has 0 spiro atoms. The van der Waals surface area contributed by atoms with E-state index in [4.69, 9.17) is 9.84 Å². The predicted molar refractivity (Wildman–Crippen MR) is 73.7 cm³/mol. The summed E-state index contributed by atoms with van der Waals surface area (Å²) in [5, 5.41) is 11.6. The predicted octanol–water partition coefficient (Wildman–Crippen LogP) is 3.10. The molecule has 0 atom stereocenters. The van der Waals surface area contributed by atoms with Crippen LogP contribution in [-0.4, -0.2) is 18.1 Å². The molecule has 0 aliphatic carbocycles. The van der Waals surface area contributed by atoms with Crippen LogP contribution >= 0.6 is 0 Å². The highest BCUT2D eigenvalue weighted by Gasteiger charge is 2.10. The van der Waals surface area contributed by atoms with Crippen molar-refractivity contribution in [1.82, 2.24) is 0 Å². The number of aryl methyl sites for hydroxylation is 1. The highest BCUT2D eigenvalue weighted by atomic mass is 19.1. The molecule has 4 nitrogen and oxygen atoms in total. The first-order chi connectivity index (χ1) is 9.51. The number of aromatic hydroxyl groups is 1. The van der Waals surface area contributed by atoms with Crippen LogP contribution in [0.15, 0.2) is 36.4 Å². The van der Waals surface area contributed by atoms with Gasteiger partial charge in [-0.25, -0.2) is 4.39 Å². The fourth-order valence-corrected chi connectivity index (χ4v) is 1.75. The van der Waals surface area contributed by atoms with E-state index in [9.17, 15) is 9.18 Å². The Morgan fingerprint density at radius 3 is 2.65 bits per heavy atom. The molecule has 1 amide bonds. The first-order valence-corrected chi connectivity index (χ1v) is 5.96. The van der Waals surface area contributed by atoms with Gasteiger partial charge in [0, 0.05) is 17.3 Å². The molecule has 0 saturated carbocycles. The molecule has 0 aromatic heterocycles. The molecule has 0 aliphatic rings. The van der Waals surface area contributed by atoms with Crippen molar-refractivity contribution in [2.45, 2.75) is 6.92 Å². The molecule has 2 N–H and O–H groups in total. The summed E-state index contributed by atoms with van der Waals surface area (Å²) in [5.74, 6) is -1.02. The van der Waals surface area contributed by atoms with Crippen molar-refractivity contribution in [1.29, 1.82) is 0 Å². The molecule has 2 rings (SSSR count). The lowest BCUT2D eigenvalue weighted by Gasteiger charge is -2.09. The van der Waals surface area contributed by atoms with E-state index >= 15 is 0 Å². The van der Waals surface area contributed by atoms with E-state index in [1.54, 1.807) is 18.2 Å². The summed E-state index contributed by atoms with van der Waals surface area (Å²) in [6, 6.07) is 8.69. The Balaban J connectivity index is 2.21. The molecule has 104 valence electrons. The van der Waals surface area contributed by atoms with Crippen LogP contribution in [0.1, 0.15) is 15.9 Å². The molecule has 2 aromatic rings. The van der Waals surface area contributed by atoms with Crippen LogP contribution in [-0.2, 0) is 0 Å². The van der Waals surface area contributed by atoms with Crippen molar-refractivity contribution in [2.24, 2.45) is 0 Å². The van der Waals surface area contributed by atoms with Crippen molar-refractivity contribution < 1.29 is 19.0 Å². The largest absolute Gasteiger partial charge is 0.505 e. The number of phenolic OH excluding ortho intramolecular Hbond substituents is 1. The Hall–Kier alpha value is -2.56. The SMILES string of the molecule is COc1cc(C(=O)Nc2ccc(O)c(F)c2)ccc1C. The maximum absolute atomic E-state index is 13.2. The molecule has 0 heterocycles. The zero-order valence-corrected chi connectivity index (χ0v) is 11.1. The number of hydrogen-bond donors (Lipinski definition) is 2. The van der Waals surface area contributed by atoms with E-state index in [2.05, 4.69) is 5.32 Å². The molecule has 0 fully saturated rings. The second-order valence-corrected chi connectivity index (χ2v) is 4.30. The van der Waals surface area contributed by atoms with E-state index in [1.165, 1.54) is 19.2 Å². The lowest BCUT2D eigenvalue weighted by atomic mass is 10.1. The number of amides is 1. The van der Waals surface area contributed by atoms with Crippen LogP contribution in [0, 0.1) is 12.7 Å². The van der Waals surface area contributed by atoms with Gasteiger partial charge < -0.3 is 15.2 Å². The van der Waals surface area contributed by atoms with Gasteiger partial charge in [-0.15, -0.1) is 0 Å². The lowest BCUT2D eigenvalue weighted by molar-refractivity contribution is 0.102. The molecule has 0 aliphatic heterocycles. The maximum Gasteiger partial charge on any atom is 0.255 e. The fourth-order valence-electron chi connectivity index (χ4n) is 1.75. The Bertz CT molecular complexity index is 656. The molecule has 0 bridgehead atoms. The Morgan fingerprint density at radius 1 is 1.25 bits per heavy atom. The van der Waals surface area contributed by atoms with Gasteiger partial charge in [-0.2, -0.15) is 0 Å². The monoisotopic (exact) mass is 275 g/mol. The number of carbonyl (C=O) groups excluding carboxylic acids is 1. The van der Waals surface area contributed by atoms with Gasteiger partial charge in [-0.05, 0) is 36.8 Å². The number of anilines is 1. The van der Waals surface area contributed by atoms with Crippen LogP contribution in [0.2, 0.25) is 0 Å². The summed E-state index contributed by atoms with van der Waals surface area (Å²) in [6.07, 6.45) is 0. The molecule has 0 radical (unpaired) electrons. The standard InChI is InChI=1S/C15H14FNO3/c1-9-3-4-10(7-14(9)20-2)15(19)17-11-5-6-13(18)12(16)8-11/h3-8,18H,1-2H3,(H,17,19). The first-order valence-electron chi connectivity index (χ1n) is 5.96. The van der Waals surface area contributed by atoms with Crippen molar-refractivity contribution in [3.63, 3.8) is 0 Å². The van der Waals surface area contributed by atoms with Crippen LogP contribution in [0.3, 0.4) is 0 Å². The number of halogens is 1. The number of carbonyl (C=O) groups is 1. The second kappa shape index (κ2) is 5.61. The normalized spacial score (nSPS) is 10.2. The van der Waals surface area contributed by atoms with Crippen molar-refractivity contribution in [3.05, 3.63) is 53.3 Å². The van der Waals surface area contributed by atoms with Gasteiger partial charge >= 0.3 is 0 Å². The van der Waals surface area contributed by atoms with E-state index in [0.29, 0.717) is 11.3 Å². The highest BCUT2D eigenvalue weighted by molar-refractivity contribution is 6.04. The zero-order valence-electron chi connectivity index (χ0n) is 11.1. The molecule has 0 saturated heterocycles. The van der Waals surface area contributed by atoms with Gasteiger partial charge in [0.2, 0.25) is 0 Å². The molecular weight excluding hydrogens is 261 g/mol. The quantitative estimate of drug-likeness (QED) is 0.846. The maximum atomic E-state index is 13.2. The summed E-state index contributed by atoms with van der Waals surface area (Å²) in [4.78, 5) is 12.0. The van der Waals surface area contributed by atoms with Crippen LogP contribution in [0.4, 0.5) is 10.1 Å². The number of phenols is 1. The molecule has 0 unspecified atom stereocenters. The Morgan fingerprint density at radius 2 is 2.00 bits per heavy atom. The number of methoxy groups -OCH3 is 1. The van der Waals surface area contributed by atoms with Crippen molar-refractivity contribution in [3.8, 4) is 11.5 Å². The smallest absolute Gasteiger partial charge is 0.255 e. The number of rotatable bonds is 3. The summed E-state index contributed by atoms with van der Waals surface area (Å²) in [5.41, 5.74) is 1.59. The van der Waals surface area contributed by atoms with Gasteiger partial charge in [-0.3, -0.25) is 4.79 Å². The second-order valence-electron chi connectivity index (χ2n) is 4.30. The minimum absolute atomic E-state index is 0.268. The number of hydrogen-bond acceptors (Lipinski definition) is 3. The van der Waals surface area contributed by atoms with Crippen LogP contribution in [0.5, 0.6) is 11.5 Å². The van der Waals surface area contributed by atoms with Gasteiger partial charge in [0.1, 0.15) is 5.75 Å². The molecule has 2 aromatic carbocycles.